The average molecular weight is 184 g/mol. The standard InChI is InChI=1S/C9H16N2O2/c1-6(2)11-7(12)9(3,4)10(5)8(11)13/h6H,1-5H3. The molecule has 1 rings (SSSR count). The van der Waals surface area contributed by atoms with Crippen LogP contribution in [0.15, 0.2) is 0 Å². The molecule has 0 bridgehead atoms. The highest BCUT2D eigenvalue weighted by Crippen LogP contribution is 2.26. The summed E-state index contributed by atoms with van der Waals surface area (Å²) >= 11 is 0. The lowest BCUT2D eigenvalue weighted by Crippen LogP contribution is -2.42. The molecule has 0 N–H and O–H groups in total. The molecule has 4 heteroatoms. The molecule has 0 radical (unpaired) electrons. The van der Waals surface area contributed by atoms with Crippen LogP contribution in [0.2, 0.25) is 0 Å². The molecule has 1 fully saturated rings. The number of hydrogen-bond acceptors (Lipinski definition) is 2. The maximum Gasteiger partial charge on any atom is 0.327 e. The molecule has 0 aromatic rings. The molecule has 1 aliphatic rings. The third kappa shape index (κ3) is 1.20. The van der Waals surface area contributed by atoms with E-state index in [0.717, 1.165) is 0 Å². The van der Waals surface area contributed by atoms with Gasteiger partial charge in [-0.15, -0.1) is 0 Å². The highest BCUT2D eigenvalue weighted by atomic mass is 16.2. The summed E-state index contributed by atoms with van der Waals surface area (Å²) in [6.45, 7) is 7.20. The topological polar surface area (TPSA) is 40.6 Å². The van der Waals surface area contributed by atoms with Gasteiger partial charge in [0, 0.05) is 13.1 Å². The van der Waals surface area contributed by atoms with E-state index in [4.69, 9.17) is 0 Å². The van der Waals surface area contributed by atoms with Gasteiger partial charge in [-0.05, 0) is 27.7 Å². The van der Waals surface area contributed by atoms with Crippen molar-refractivity contribution < 1.29 is 9.59 Å². The number of rotatable bonds is 1. The van der Waals surface area contributed by atoms with Gasteiger partial charge in [-0.3, -0.25) is 9.69 Å². The van der Waals surface area contributed by atoms with Crippen molar-refractivity contribution in [2.45, 2.75) is 39.3 Å². The average Bonchev–Trinajstić information content (AvgIpc) is 2.14. The molecule has 0 atom stereocenters. The summed E-state index contributed by atoms with van der Waals surface area (Å²) in [5.74, 6) is -0.116. The van der Waals surface area contributed by atoms with E-state index in [-0.39, 0.29) is 18.0 Å². The maximum absolute atomic E-state index is 11.8. The molecule has 0 aromatic heterocycles. The second-order valence-corrected chi connectivity index (χ2v) is 4.17. The zero-order valence-electron chi connectivity index (χ0n) is 8.79. The van der Waals surface area contributed by atoms with E-state index >= 15 is 0 Å². The summed E-state index contributed by atoms with van der Waals surface area (Å²) in [6.07, 6.45) is 0. The Kier molecular flexibility index (Phi) is 2.10. The molecular formula is C9H16N2O2. The number of nitrogens with zero attached hydrogens (tertiary/aromatic N) is 2. The summed E-state index contributed by atoms with van der Waals surface area (Å²) in [5, 5.41) is 0. The minimum absolute atomic E-state index is 0.0655. The van der Waals surface area contributed by atoms with E-state index in [1.165, 1.54) is 9.80 Å². The number of imide groups is 1. The zero-order chi connectivity index (χ0) is 10.4. The van der Waals surface area contributed by atoms with Crippen LogP contribution in [0, 0.1) is 0 Å². The predicted molar refractivity (Wildman–Crippen MR) is 49.2 cm³/mol. The van der Waals surface area contributed by atoms with Crippen LogP contribution >= 0.6 is 0 Å². The van der Waals surface area contributed by atoms with Gasteiger partial charge in [-0.1, -0.05) is 0 Å². The van der Waals surface area contributed by atoms with E-state index in [1.54, 1.807) is 20.9 Å². The van der Waals surface area contributed by atoms with Crippen molar-refractivity contribution in [3.05, 3.63) is 0 Å². The minimum atomic E-state index is -0.693. The Labute approximate surface area is 78.5 Å². The number of amides is 3. The van der Waals surface area contributed by atoms with Crippen LogP contribution in [0.3, 0.4) is 0 Å². The number of carbonyl (C=O) groups excluding carboxylic acids is 2. The smallest absolute Gasteiger partial charge is 0.313 e. The Balaban J connectivity index is 3.06. The number of hydrogen-bond donors (Lipinski definition) is 0. The zero-order valence-corrected chi connectivity index (χ0v) is 8.79. The first-order valence-electron chi connectivity index (χ1n) is 4.41. The van der Waals surface area contributed by atoms with Gasteiger partial charge >= 0.3 is 6.03 Å². The van der Waals surface area contributed by atoms with Gasteiger partial charge < -0.3 is 4.90 Å². The Morgan fingerprint density at radius 1 is 1.23 bits per heavy atom. The van der Waals surface area contributed by atoms with Crippen molar-refractivity contribution >= 4 is 11.9 Å². The first-order chi connectivity index (χ1) is 5.80. The molecule has 4 nitrogen and oxygen atoms in total. The highest BCUT2D eigenvalue weighted by molar-refractivity contribution is 6.06. The molecular weight excluding hydrogens is 168 g/mol. The molecule has 0 unspecified atom stereocenters. The van der Waals surface area contributed by atoms with Crippen LogP contribution in [-0.4, -0.2) is 40.4 Å². The summed E-state index contributed by atoms with van der Waals surface area (Å²) in [7, 11) is 1.66. The van der Waals surface area contributed by atoms with E-state index in [2.05, 4.69) is 0 Å². The first-order valence-corrected chi connectivity index (χ1v) is 4.41. The van der Waals surface area contributed by atoms with Crippen LogP contribution in [0.25, 0.3) is 0 Å². The van der Waals surface area contributed by atoms with Crippen LogP contribution in [0.5, 0.6) is 0 Å². The van der Waals surface area contributed by atoms with Crippen molar-refractivity contribution in [2.75, 3.05) is 7.05 Å². The third-order valence-corrected chi connectivity index (χ3v) is 2.59. The molecule has 1 aliphatic heterocycles. The molecule has 1 heterocycles. The van der Waals surface area contributed by atoms with Gasteiger partial charge in [0.05, 0.1) is 0 Å². The van der Waals surface area contributed by atoms with Crippen molar-refractivity contribution in [3.8, 4) is 0 Å². The van der Waals surface area contributed by atoms with Crippen molar-refractivity contribution in [2.24, 2.45) is 0 Å². The quantitative estimate of drug-likeness (QED) is 0.572. The SMILES string of the molecule is CC(C)N1C(=O)N(C)C(C)(C)C1=O. The van der Waals surface area contributed by atoms with E-state index in [9.17, 15) is 9.59 Å². The Morgan fingerprint density at radius 3 is 1.85 bits per heavy atom. The summed E-state index contributed by atoms with van der Waals surface area (Å²) in [6, 6.07) is -0.269. The van der Waals surface area contributed by atoms with Crippen molar-refractivity contribution in [1.29, 1.82) is 0 Å². The Hall–Kier alpha value is -1.06. The Morgan fingerprint density at radius 2 is 1.69 bits per heavy atom. The maximum atomic E-state index is 11.8. The first kappa shape index (κ1) is 10.0. The summed E-state index contributed by atoms with van der Waals surface area (Å²) in [4.78, 5) is 26.1. The fraction of sp³-hybridized carbons (Fsp3) is 0.778. The molecule has 74 valence electrons. The van der Waals surface area contributed by atoms with E-state index < -0.39 is 5.54 Å². The second kappa shape index (κ2) is 2.72. The minimum Gasteiger partial charge on any atom is -0.313 e. The monoisotopic (exact) mass is 184 g/mol. The Bertz CT molecular complexity index is 258. The largest absolute Gasteiger partial charge is 0.327 e. The van der Waals surface area contributed by atoms with Gasteiger partial charge in [-0.2, -0.15) is 0 Å². The van der Waals surface area contributed by atoms with Gasteiger partial charge in [-0.25, -0.2) is 4.79 Å². The van der Waals surface area contributed by atoms with Crippen LogP contribution in [-0.2, 0) is 4.79 Å². The lowest BCUT2D eigenvalue weighted by molar-refractivity contribution is -0.132. The van der Waals surface area contributed by atoms with Gasteiger partial charge in [0.1, 0.15) is 5.54 Å². The molecule has 1 saturated heterocycles. The van der Waals surface area contributed by atoms with Gasteiger partial charge in [0.2, 0.25) is 0 Å². The van der Waals surface area contributed by atoms with Crippen LogP contribution < -0.4 is 0 Å². The second-order valence-electron chi connectivity index (χ2n) is 4.17. The highest BCUT2D eigenvalue weighted by Gasteiger charge is 2.49. The lowest BCUT2D eigenvalue weighted by atomic mass is 10.0. The molecule has 0 aromatic carbocycles. The molecule has 0 saturated carbocycles. The molecule has 13 heavy (non-hydrogen) atoms. The molecule has 0 aliphatic carbocycles. The summed E-state index contributed by atoms with van der Waals surface area (Å²) < 4.78 is 0. The number of likely N-dealkylation sites (N-methyl/N-ethyl adjacent to an activating group) is 1. The fourth-order valence-corrected chi connectivity index (χ4v) is 1.38. The molecule has 3 amide bonds. The number of urea groups is 1. The normalized spacial score (nSPS) is 22.0. The van der Waals surface area contributed by atoms with Gasteiger partial charge in [0.25, 0.3) is 5.91 Å². The van der Waals surface area contributed by atoms with Crippen molar-refractivity contribution in [1.82, 2.24) is 9.80 Å². The molecule has 0 spiro atoms. The third-order valence-electron chi connectivity index (χ3n) is 2.59. The predicted octanol–water partition coefficient (Wildman–Crippen LogP) is 1.07. The number of carbonyl (C=O) groups is 2. The fourth-order valence-electron chi connectivity index (χ4n) is 1.38. The van der Waals surface area contributed by atoms with Crippen LogP contribution in [0.4, 0.5) is 4.79 Å². The summed E-state index contributed by atoms with van der Waals surface area (Å²) in [5.41, 5.74) is -0.693. The van der Waals surface area contributed by atoms with E-state index in [0.29, 0.717) is 0 Å². The van der Waals surface area contributed by atoms with Crippen molar-refractivity contribution in [3.63, 3.8) is 0 Å². The van der Waals surface area contributed by atoms with E-state index in [1.807, 2.05) is 13.8 Å². The lowest BCUT2D eigenvalue weighted by Gasteiger charge is -2.22. The van der Waals surface area contributed by atoms with Crippen LogP contribution in [0.1, 0.15) is 27.7 Å². The van der Waals surface area contributed by atoms with Gasteiger partial charge in [0.15, 0.2) is 0 Å².